The molecule has 0 spiro atoms. The first-order valence-electron chi connectivity index (χ1n) is 8.78. The van der Waals surface area contributed by atoms with Crippen molar-refractivity contribution >= 4 is 27.8 Å². The molecule has 4 rings (SSSR count). The minimum absolute atomic E-state index is 0.0224. The molecule has 6 nitrogen and oxygen atoms in total. The van der Waals surface area contributed by atoms with E-state index in [1.165, 1.54) is 25.5 Å². The topological polar surface area (TPSA) is 68.3 Å². The monoisotopic (exact) mass is 339 g/mol. The first kappa shape index (κ1) is 15.9. The maximum absolute atomic E-state index is 12.7. The number of rotatable bonds is 3. The minimum atomic E-state index is -0.423. The third-order valence-corrected chi connectivity index (χ3v) is 5.21. The molecular weight excluding hydrogens is 318 g/mol. The molecule has 1 saturated carbocycles. The third kappa shape index (κ3) is 2.81. The third-order valence-electron chi connectivity index (χ3n) is 5.21. The number of amides is 1. The second-order valence-electron chi connectivity index (χ2n) is 6.75. The number of carbonyl (C=O) groups is 1. The Hall–Kier alpha value is -2.63. The quantitative estimate of drug-likeness (QED) is 0.688. The molecule has 1 aliphatic rings. The molecule has 0 unspecified atom stereocenters. The molecular formula is C19H21N3O3. The molecule has 0 aliphatic heterocycles. The van der Waals surface area contributed by atoms with Crippen molar-refractivity contribution in [1.82, 2.24) is 14.7 Å². The SMILES string of the molecule is CN(C(=O)Cn1ncc2c(=O)oc3ccccc3c21)C1CCCCC1. The lowest BCUT2D eigenvalue weighted by molar-refractivity contribution is -0.133. The van der Waals surface area contributed by atoms with Gasteiger partial charge in [0.15, 0.2) is 0 Å². The van der Waals surface area contributed by atoms with E-state index in [1.54, 1.807) is 10.7 Å². The number of benzene rings is 1. The van der Waals surface area contributed by atoms with E-state index in [9.17, 15) is 9.59 Å². The van der Waals surface area contributed by atoms with Gasteiger partial charge in [-0.1, -0.05) is 31.4 Å². The van der Waals surface area contributed by atoms with Crippen molar-refractivity contribution in [3.8, 4) is 0 Å². The van der Waals surface area contributed by atoms with Gasteiger partial charge >= 0.3 is 5.63 Å². The number of fused-ring (bicyclic) bond motifs is 3. The number of hydrogen-bond acceptors (Lipinski definition) is 4. The van der Waals surface area contributed by atoms with Crippen LogP contribution in [0.2, 0.25) is 0 Å². The number of likely N-dealkylation sites (N-methyl/N-ethyl adjacent to an activating group) is 1. The average molecular weight is 339 g/mol. The fourth-order valence-electron chi connectivity index (χ4n) is 3.76. The zero-order valence-corrected chi connectivity index (χ0v) is 14.3. The number of para-hydroxylation sites is 1. The summed E-state index contributed by atoms with van der Waals surface area (Å²) in [7, 11) is 1.87. The standard InChI is InChI=1S/C19H21N3O3/c1-21(13-7-3-2-4-8-13)17(23)12-22-18-14-9-5-6-10-16(14)25-19(24)15(18)11-20-22/h5-6,9-11,13H,2-4,7-8,12H2,1H3. The molecule has 2 aromatic heterocycles. The summed E-state index contributed by atoms with van der Waals surface area (Å²) in [5, 5.41) is 5.49. The lowest BCUT2D eigenvalue weighted by Gasteiger charge is -2.31. The highest BCUT2D eigenvalue weighted by Crippen LogP contribution is 2.24. The van der Waals surface area contributed by atoms with Gasteiger partial charge in [-0.3, -0.25) is 9.48 Å². The van der Waals surface area contributed by atoms with Crippen molar-refractivity contribution in [2.24, 2.45) is 0 Å². The molecule has 1 amide bonds. The molecule has 3 aromatic rings. The first-order valence-corrected chi connectivity index (χ1v) is 8.78. The summed E-state index contributed by atoms with van der Waals surface area (Å²) in [5.41, 5.74) is 0.750. The maximum atomic E-state index is 12.7. The fourth-order valence-corrected chi connectivity index (χ4v) is 3.76. The van der Waals surface area contributed by atoms with Crippen molar-refractivity contribution < 1.29 is 9.21 Å². The molecule has 0 saturated heterocycles. The van der Waals surface area contributed by atoms with Crippen molar-refractivity contribution in [3.63, 3.8) is 0 Å². The van der Waals surface area contributed by atoms with Gasteiger partial charge in [-0.05, 0) is 25.0 Å². The Labute approximate surface area is 145 Å². The molecule has 0 bridgehead atoms. The van der Waals surface area contributed by atoms with Gasteiger partial charge < -0.3 is 9.32 Å². The van der Waals surface area contributed by atoms with Crippen molar-refractivity contribution in [2.75, 3.05) is 7.05 Å². The zero-order valence-electron chi connectivity index (χ0n) is 14.3. The van der Waals surface area contributed by atoms with Crippen LogP contribution in [0.25, 0.3) is 21.9 Å². The smallest absolute Gasteiger partial charge is 0.347 e. The summed E-state index contributed by atoms with van der Waals surface area (Å²) in [6.45, 7) is 0.129. The van der Waals surface area contributed by atoms with Crippen LogP contribution < -0.4 is 5.63 Å². The molecule has 0 radical (unpaired) electrons. The summed E-state index contributed by atoms with van der Waals surface area (Å²) in [4.78, 5) is 26.7. The number of hydrogen-bond donors (Lipinski definition) is 0. The van der Waals surface area contributed by atoms with Gasteiger partial charge in [0.2, 0.25) is 5.91 Å². The highest BCUT2D eigenvalue weighted by Gasteiger charge is 2.23. The van der Waals surface area contributed by atoms with Crippen molar-refractivity contribution in [1.29, 1.82) is 0 Å². The predicted molar refractivity (Wildman–Crippen MR) is 95.4 cm³/mol. The van der Waals surface area contributed by atoms with E-state index < -0.39 is 5.63 Å². The minimum Gasteiger partial charge on any atom is -0.422 e. The molecule has 2 heterocycles. The summed E-state index contributed by atoms with van der Waals surface area (Å²) in [6, 6.07) is 7.65. The molecule has 1 aromatic carbocycles. The van der Waals surface area contributed by atoms with Crippen LogP contribution in [0.3, 0.4) is 0 Å². The second-order valence-corrected chi connectivity index (χ2v) is 6.75. The molecule has 1 fully saturated rings. The largest absolute Gasteiger partial charge is 0.422 e. The van der Waals surface area contributed by atoms with Crippen LogP contribution >= 0.6 is 0 Å². The molecule has 0 N–H and O–H groups in total. The Balaban J connectivity index is 1.70. The van der Waals surface area contributed by atoms with Gasteiger partial charge in [0.25, 0.3) is 0 Å². The van der Waals surface area contributed by atoms with Crippen molar-refractivity contribution in [2.45, 2.75) is 44.7 Å². The maximum Gasteiger partial charge on any atom is 0.347 e. The highest BCUT2D eigenvalue weighted by molar-refractivity contribution is 6.02. The van der Waals surface area contributed by atoms with Gasteiger partial charge in [0, 0.05) is 18.5 Å². The zero-order chi connectivity index (χ0) is 17.4. The van der Waals surface area contributed by atoms with E-state index >= 15 is 0 Å². The molecule has 130 valence electrons. The molecule has 1 aliphatic carbocycles. The fraction of sp³-hybridized carbons (Fsp3) is 0.421. The first-order chi connectivity index (χ1) is 12.1. The van der Waals surface area contributed by atoms with Crippen LogP contribution in [0, 0.1) is 0 Å². The Bertz CT molecular complexity index is 982. The number of nitrogens with zero attached hydrogens (tertiary/aromatic N) is 3. The van der Waals surface area contributed by atoms with E-state index in [4.69, 9.17) is 4.42 Å². The number of carbonyl (C=O) groups excluding carboxylic acids is 1. The molecule has 25 heavy (non-hydrogen) atoms. The summed E-state index contributed by atoms with van der Waals surface area (Å²) in [6.07, 6.45) is 7.23. The normalized spacial score (nSPS) is 15.7. The summed E-state index contributed by atoms with van der Waals surface area (Å²) < 4.78 is 6.95. The van der Waals surface area contributed by atoms with Gasteiger partial charge in [0.05, 0.1) is 11.7 Å². The summed E-state index contributed by atoms with van der Waals surface area (Å²) in [5.74, 6) is 0.0224. The van der Waals surface area contributed by atoms with Crippen LogP contribution in [0.1, 0.15) is 32.1 Å². The second kappa shape index (κ2) is 6.35. The Kier molecular flexibility index (Phi) is 4.03. The van der Waals surface area contributed by atoms with E-state index in [0.29, 0.717) is 22.5 Å². The highest BCUT2D eigenvalue weighted by atomic mass is 16.4. The van der Waals surface area contributed by atoms with Gasteiger partial charge in [0.1, 0.15) is 17.5 Å². The van der Waals surface area contributed by atoms with E-state index in [2.05, 4.69) is 5.10 Å². The van der Waals surface area contributed by atoms with Crippen LogP contribution in [0.5, 0.6) is 0 Å². The predicted octanol–water partition coefficient (Wildman–Crippen LogP) is 2.93. The average Bonchev–Trinajstić information content (AvgIpc) is 3.06. The van der Waals surface area contributed by atoms with Crippen LogP contribution in [-0.2, 0) is 11.3 Å². The van der Waals surface area contributed by atoms with Gasteiger partial charge in [-0.25, -0.2) is 4.79 Å². The van der Waals surface area contributed by atoms with Crippen LogP contribution in [0.15, 0.2) is 39.7 Å². The molecule has 6 heteroatoms. The number of aromatic nitrogens is 2. The summed E-state index contributed by atoms with van der Waals surface area (Å²) >= 11 is 0. The Morgan fingerprint density at radius 1 is 1.24 bits per heavy atom. The molecule has 0 atom stereocenters. The Morgan fingerprint density at radius 2 is 2.00 bits per heavy atom. The lowest BCUT2D eigenvalue weighted by Crippen LogP contribution is -2.40. The Morgan fingerprint density at radius 3 is 2.80 bits per heavy atom. The van der Waals surface area contributed by atoms with Crippen molar-refractivity contribution in [3.05, 3.63) is 40.9 Å². The lowest BCUT2D eigenvalue weighted by atomic mass is 9.94. The van der Waals surface area contributed by atoms with E-state index in [-0.39, 0.29) is 12.5 Å². The van der Waals surface area contributed by atoms with E-state index in [1.807, 2.05) is 30.1 Å². The van der Waals surface area contributed by atoms with Gasteiger partial charge in [-0.15, -0.1) is 0 Å². The van der Waals surface area contributed by atoms with Gasteiger partial charge in [-0.2, -0.15) is 5.10 Å². The van der Waals surface area contributed by atoms with Crippen LogP contribution in [0.4, 0.5) is 0 Å². The van der Waals surface area contributed by atoms with Crippen LogP contribution in [-0.4, -0.2) is 33.7 Å². The van der Waals surface area contributed by atoms with E-state index in [0.717, 1.165) is 18.2 Å².